The molecule has 0 saturated carbocycles. The van der Waals surface area contributed by atoms with Crippen molar-refractivity contribution in [3.05, 3.63) is 84.2 Å². The molecule has 1 N–H and O–H groups in total. The Balaban J connectivity index is 1.30. The fourth-order valence-corrected chi connectivity index (χ4v) is 5.58. The normalized spacial score (nSPS) is 13.9. The van der Waals surface area contributed by atoms with Crippen LogP contribution in [-0.2, 0) is 19.6 Å². The Hall–Kier alpha value is -3.82. The maximum absolute atomic E-state index is 12.8. The van der Waals surface area contributed by atoms with Crippen LogP contribution in [0.25, 0.3) is 21.8 Å². The number of aromatic nitrogens is 1. The fraction of sp³-hybridized carbons (Fsp3) is 0.0800. The van der Waals surface area contributed by atoms with Crippen molar-refractivity contribution in [1.82, 2.24) is 4.98 Å². The van der Waals surface area contributed by atoms with Gasteiger partial charge in [0.25, 0.3) is 10.0 Å². The third kappa shape index (κ3) is 4.35. The maximum atomic E-state index is 12.8. The third-order valence-corrected chi connectivity index (χ3v) is 7.70. The molecule has 1 fully saturated rings. The zero-order chi connectivity index (χ0) is 23.7. The molecule has 1 saturated heterocycles. The van der Waals surface area contributed by atoms with Crippen LogP contribution in [0.1, 0.15) is 12.8 Å². The maximum Gasteiger partial charge on any atom is 0.261 e. The second-order valence-electron chi connectivity index (χ2n) is 7.70. The molecule has 0 bridgehead atoms. The van der Waals surface area contributed by atoms with Crippen molar-refractivity contribution in [2.45, 2.75) is 17.7 Å². The van der Waals surface area contributed by atoms with Gasteiger partial charge >= 0.3 is 0 Å². The van der Waals surface area contributed by atoms with Gasteiger partial charge in [0.2, 0.25) is 11.8 Å². The van der Waals surface area contributed by atoms with Gasteiger partial charge in [-0.3, -0.25) is 19.2 Å². The first kappa shape index (κ1) is 22.0. The van der Waals surface area contributed by atoms with Crippen LogP contribution >= 0.6 is 11.3 Å². The van der Waals surface area contributed by atoms with E-state index in [0.717, 1.165) is 26.7 Å². The highest BCUT2D eigenvalue weighted by Crippen LogP contribution is 2.30. The third-order valence-electron chi connectivity index (χ3n) is 5.41. The summed E-state index contributed by atoms with van der Waals surface area (Å²) >= 11 is 1.55. The van der Waals surface area contributed by atoms with E-state index in [2.05, 4.69) is 9.71 Å². The molecule has 2 amide bonds. The van der Waals surface area contributed by atoms with Crippen molar-refractivity contribution in [2.24, 2.45) is 0 Å². The molecule has 7 nitrogen and oxygen atoms in total. The van der Waals surface area contributed by atoms with Gasteiger partial charge in [-0.1, -0.05) is 42.5 Å². The van der Waals surface area contributed by atoms with Crippen LogP contribution in [0.3, 0.4) is 0 Å². The summed E-state index contributed by atoms with van der Waals surface area (Å²) in [6.07, 6.45) is 0.343. The molecule has 1 aromatic heterocycles. The molecule has 2 heterocycles. The average molecular weight is 490 g/mol. The largest absolute Gasteiger partial charge is 0.280 e. The standard InChI is InChI=1S/C25H19N3O4S2/c29-23-14-15-24(30)28(23)20-10-12-21(13-11-20)34(31,32)27-19-8-6-17(7-9-19)22-16-33-25(26-22)18-4-2-1-3-5-18/h1-13,16,27H,14-15H2. The van der Waals surface area contributed by atoms with Crippen LogP contribution < -0.4 is 9.62 Å². The van der Waals surface area contributed by atoms with E-state index in [1.807, 2.05) is 47.8 Å². The summed E-state index contributed by atoms with van der Waals surface area (Å²) in [6.45, 7) is 0. The zero-order valence-electron chi connectivity index (χ0n) is 17.8. The molecular weight excluding hydrogens is 470 g/mol. The molecular formula is C25H19N3O4S2. The quantitative estimate of drug-likeness (QED) is 0.387. The molecule has 1 aliphatic heterocycles. The lowest BCUT2D eigenvalue weighted by Crippen LogP contribution is -2.28. The smallest absolute Gasteiger partial charge is 0.261 e. The van der Waals surface area contributed by atoms with Gasteiger partial charge in [-0.25, -0.2) is 13.4 Å². The summed E-state index contributed by atoms with van der Waals surface area (Å²) in [5.41, 5.74) is 3.53. The first-order chi connectivity index (χ1) is 16.4. The summed E-state index contributed by atoms with van der Waals surface area (Å²) in [4.78, 5) is 29.6. The lowest BCUT2D eigenvalue weighted by atomic mass is 10.1. The number of sulfonamides is 1. The minimum absolute atomic E-state index is 0.0337. The average Bonchev–Trinajstić information content (AvgIpc) is 3.47. The topological polar surface area (TPSA) is 96.4 Å². The predicted molar refractivity (Wildman–Crippen MR) is 132 cm³/mol. The number of carbonyl (C=O) groups is 2. The summed E-state index contributed by atoms with van der Waals surface area (Å²) < 4.78 is 28.2. The Kier molecular flexibility index (Phi) is 5.72. The van der Waals surface area contributed by atoms with Gasteiger partial charge in [-0.05, 0) is 36.4 Å². The van der Waals surface area contributed by atoms with Crippen LogP contribution in [-0.4, -0.2) is 25.2 Å². The minimum atomic E-state index is -3.84. The van der Waals surface area contributed by atoms with Crippen molar-refractivity contribution < 1.29 is 18.0 Å². The van der Waals surface area contributed by atoms with Crippen molar-refractivity contribution in [1.29, 1.82) is 0 Å². The van der Waals surface area contributed by atoms with Gasteiger partial charge in [0.05, 0.1) is 16.3 Å². The molecule has 0 unspecified atom stereocenters. The number of nitrogens with one attached hydrogen (secondary N) is 1. The number of thiazole rings is 1. The van der Waals surface area contributed by atoms with Crippen molar-refractivity contribution in [3.8, 4) is 21.8 Å². The summed E-state index contributed by atoms with van der Waals surface area (Å²) in [5.74, 6) is -0.565. The van der Waals surface area contributed by atoms with Gasteiger partial charge in [-0.15, -0.1) is 11.3 Å². The molecule has 4 aromatic rings. The molecule has 5 rings (SSSR count). The van der Waals surface area contributed by atoms with Gasteiger partial charge in [0.15, 0.2) is 0 Å². The number of carbonyl (C=O) groups excluding carboxylic acids is 2. The molecule has 0 atom stereocenters. The number of amides is 2. The number of rotatable bonds is 6. The molecule has 0 spiro atoms. The van der Waals surface area contributed by atoms with Gasteiger partial charge in [0.1, 0.15) is 5.01 Å². The molecule has 0 radical (unpaired) electrons. The fourth-order valence-electron chi connectivity index (χ4n) is 3.68. The summed E-state index contributed by atoms with van der Waals surface area (Å²) in [5, 5.41) is 2.89. The van der Waals surface area contributed by atoms with E-state index in [9.17, 15) is 18.0 Å². The van der Waals surface area contributed by atoms with Crippen LogP contribution in [0.4, 0.5) is 11.4 Å². The van der Waals surface area contributed by atoms with E-state index in [1.54, 1.807) is 23.5 Å². The van der Waals surface area contributed by atoms with Crippen LogP contribution in [0.15, 0.2) is 89.1 Å². The number of benzene rings is 3. The zero-order valence-corrected chi connectivity index (χ0v) is 19.5. The van der Waals surface area contributed by atoms with E-state index in [0.29, 0.717) is 11.4 Å². The molecule has 3 aromatic carbocycles. The molecule has 1 aliphatic rings. The van der Waals surface area contributed by atoms with Crippen molar-refractivity contribution in [2.75, 3.05) is 9.62 Å². The number of nitrogens with zero attached hydrogens (tertiary/aromatic N) is 2. The lowest BCUT2D eigenvalue weighted by molar-refractivity contribution is -0.121. The van der Waals surface area contributed by atoms with Gasteiger partial charge < -0.3 is 0 Å². The first-order valence-electron chi connectivity index (χ1n) is 10.5. The first-order valence-corrected chi connectivity index (χ1v) is 12.9. The van der Waals surface area contributed by atoms with Crippen LogP contribution in [0, 0.1) is 0 Å². The number of anilines is 2. The molecule has 170 valence electrons. The van der Waals surface area contributed by atoms with E-state index in [4.69, 9.17) is 0 Å². The Bertz CT molecular complexity index is 1450. The highest BCUT2D eigenvalue weighted by molar-refractivity contribution is 7.92. The summed E-state index contributed by atoms with van der Waals surface area (Å²) in [7, 11) is -3.84. The van der Waals surface area contributed by atoms with E-state index >= 15 is 0 Å². The number of hydrogen-bond acceptors (Lipinski definition) is 6. The molecule has 0 aliphatic carbocycles. The Labute approximate surface area is 200 Å². The second-order valence-corrected chi connectivity index (χ2v) is 10.2. The Morgan fingerprint density at radius 1 is 0.794 bits per heavy atom. The molecule has 9 heteroatoms. The van der Waals surface area contributed by atoms with Gasteiger partial charge in [0, 0.05) is 35.0 Å². The number of imide groups is 1. The van der Waals surface area contributed by atoms with E-state index in [-0.39, 0.29) is 29.6 Å². The number of hydrogen-bond donors (Lipinski definition) is 1. The Morgan fingerprint density at radius 2 is 1.44 bits per heavy atom. The second kappa shape index (κ2) is 8.85. The molecule has 34 heavy (non-hydrogen) atoms. The monoisotopic (exact) mass is 489 g/mol. The minimum Gasteiger partial charge on any atom is -0.280 e. The highest BCUT2D eigenvalue weighted by Gasteiger charge is 2.30. The highest BCUT2D eigenvalue weighted by atomic mass is 32.2. The van der Waals surface area contributed by atoms with Crippen LogP contribution in [0.5, 0.6) is 0 Å². The van der Waals surface area contributed by atoms with Crippen molar-refractivity contribution in [3.63, 3.8) is 0 Å². The SMILES string of the molecule is O=C1CCC(=O)N1c1ccc(S(=O)(=O)Nc2ccc(-c3csc(-c4ccccc4)n3)cc2)cc1. The summed E-state index contributed by atoms with van der Waals surface area (Å²) in [6, 6.07) is 22.6. The van der Waals surface area contributed by atoms with Crippen LogP contribution in [0.2, 0.25) is 0 Å². The predicted octanol–water partition coefficient (Wildman–Crippen LogP) is 4.93. The lowest BCUT2D eigenvalue weighted by Gasteiger charge is -2.14. The Morgan fingerprint density at radius 3 is 2.09 bits per heavy atom. The van der Waals surface area contributed by atoms with Crippen molar-refractivity contribution >= 4 is 44.5 Å². The van der Waals surface area contributed by atoms with E-state index < -0.39 is 10.0 Å². The van der Waals surface area contributed by atoms with Gasteiger partial charge in [-0.2, -0.15) is 0 Å². The van der Waals surface area contributed by atoms with E-state index in [1.165, 1.54) is 24.3 Å².